The molecule has 6 nitrogen and oxygen atoms in total. The maximum absolute atomic E-state index is 12.7. The highest BCUT2D eigenvalue weighted by Gasteiger charge is 2.36. The molecule has 1 aliphatic heterocycles. The summed E-state index contributed by atoms with van der Waals surface area (Å²) in [6.07, 6.45) is 0. The quantitative estimate of drug-likeness (QED) is 0.776. The normalized spacial score (nSPS) is 16.2. The van der Waals surface area contributed by atoms with Gasteiger partial charge in [-0.05, 0) is 22.0 Å². The monoisotopic (exact) mass is 382 g/mol. The number of hydrogen-bond donors (Lipinski definition) is 1. The van der Waals surface area contributed by atoms with Crippen LogP contribution in [0.5, 0.6) is 0 Å². The third-order valence-electron chi connectivity index (χ3n) is 3.11. The molecule has 0 unspecified atom stereocenters. The van der Waals surface area contributed by atoms with Crippen molar-refractivity contribution in [2.24, 2.45) is 0 Å². The molecule has 2 heterocycles. The van der Waals surface area contributed by atoms with Gasteiger partial charge in [-0.25, -0.2) is 13.2 Å². The highest BCUT2D eigenvalue weighted by molar-refractivity contribution is 9.11. The molecule has 0 bridgehead atoms. The van der Waals surface area contributed by atoms with Crippen molar-refractivity contribution >= 4 is 43.3 Å². The summed E-state index contributed by atoms with van der Waals surface area (Å²) >= 11 is 4.29. The van der Waals surface area contributed by atoms with Crippen LogP contribution in [-0.4, -0.2) is 51.5 Å². The van der Waals surface area contributed by atoms with Crippen LogP contribution in [0.3, 0.4) is 0 Å². The maximum atomic E-state index is 12.7. The minimum atomic E-state index is -3.61. The fourth-order valence-electron chi connectivity index (χ4n) is 1.96. The highest BCUT2D eigenvalue weighted by atomic mass is 79.9. The van der Waals surface area contributed by atoms with E-state index >= 15 is 0 Å². The van der Waals surface area contributed by atoms with E-state index in [-0.39, 0.29) is 15.8 Å². The minimum Gasteiger partial charge on any atom is -0.465 e. The number of carbonyl (C=O) groups excluding carboxylic acids is 1. The van der Waals surface area contributed by atoms with E-state index in [1.54, 1.807) is 6.92 Å². The minimum absolute atomic E-state index is 0.0293. The van der Waals surface area contributed by atoms with Crippen LogP contribution in [0, 0.1) is 0 Å². The molecule has 0 radical (unpaired) electrons. The van der Waals surface area contributed by atoms with Crippen LogP contribution >= 0.6 is 27.3 Å². The van der Waals surface area contributed by atoms with Crippen molar-refractivity contribution in [3.05, 3.63) is 14.7 Å². The Kier molecular flexibility index (Phi) is 4.85. The summed E-state index contributed by atoms with van der Waals surface area (Å²) in [5.41, 5.74) is 0. The number of sulfonamides is 1. The molecule has 0 aliphatic carbocycles. The first-order chi connectivity index (χ1) is 9.41. The van der Waals surface area contributed by atoms with Gasteiger partial charge in [-0.3, -0.25) is 0 Å². The van der Waals surface area contributed by atoms with Crippen LogP contribution in [0.1, 0.15) is 16.6 Å². The lowest BCUT2D eigenvalue weighted by Crippen LogP contribution is -2.58. The number of thiophene rings is 1. The second-order valence-electron chi connectivity index (χ2n) is 4.26. The molecular weight excluding hydrogens is 368 g/mol. The lowest BCUT2D eigenvalue weighted by atomic mass is 10.2. The average Bonchev–Trinajstić information content (AvgIpc) is 2.75. The molecule has 20 heavy (non-hydrogen) atoms. The molecule has 1 aromatic heterocycles. The number of rotatable bonds is 5. The van der Waals surface area contributed by atoms with E-state index in [0.717, 1.165) is 11.3 Å². The summed E-state index contributed by atoms with van der Waals surface area (Å²) in [6, 6.07) is 1.34. The summed E-state index contributed by atoms with van der Waals surface area (Å²) < 4.78 is 31.8. The Morgan fingerprint density at radius 3 is 2.70 bits per heavy atom. The fraction of sp³-hybridized carbons (Fsp3) is 0.545. The molecule has 1 saturated heterocycles. The van der Waals surface area contributed by atoms with Gasteiger partial charge in [-0.2, -0.15) is 4.31 Å². The van der Waals surface area contributed by atoms with Crippen molar-refractivity contribution in [3.63, 3.8) is 0 Å². The summed E-state index contributed by atoms with van der Waals surface area (Å²) in [5, 5.41) is 3.06. The topological polar surface area (TPSA) is 75.7 Å². The number of hydrogen-bond acceptors (Lipinski definition) is 6. The number of likely N-dealkylation sites (N-methyl/N-ethyl adjacent to an activating group) is 1. The van der Waals surface area contributed by atoms with Gasteiger partial charge in [0.2, 0.25) is 10.0 Å². The zero-order chi connectivity index (χ0) is 14.9. The first-order valence-corrected chi connectivity index (χ1v) is 9.07. The first-order valence-electron chi connectivity index (χ1n) is 6.02. The largest absolute Gasteiger partial charge is 0.465 e. The Labute approximate surface area is 130 Å². The highest BCUT2D eigenvalue weighted by Crippen LogP contribution is 2.34. The number of methoxy groups -OCH3 is 1. The molecular formula is C11H15BrN2O4S2. The molecule has 0 saturated carbocycles. The van der Waals surface area contributed by atoms with Gasteiger partial charge in [0.25, 0.3) is 0 Å². The van der Waals surface area contributed by atoms with Gasteiger partial charge >= 0.3 is 5.97 Å². The number of carbonyl (C=O) groups is 1. The molecule has 2 rings (SSSR count). The fourth-order valence-corrected chi connectivity index (χ4v) is 6.02. The number of halogens is 1. The molecule has 112 valence electrons. The third-order valence-corrected chi connectivity index (χ3v) is 7.37. The van der Waals surface area contributed by atoms with Crippen LogP contribution < -0.4 is 5.32 Å². The molecule has 1 N–H and O–H groups in total. The molecule has 0 spiro atoms. The zero-order valence-corrected chi connectivity index (χ0v) is 14.3. The lowest BCUT2D eigenvalue weighted by Gasteiger charge is -2.36. The van der Waals surface area contributed by atoms with Crippen molar-refractivity contribution in [2.45, 2.75) is 17.9 Å². The van der Waals surface area contributed by atoms with Crippen molar-refractivity contribution in [2.75, 3.05) is 26.7 Å². The van der Waals surface area contributed by atoms with Gasteiger partial charge in [0.15, 0.2) is 0 Å². The Bertz CT molecular complexity index is 610. The van der Waals surface area contributed by atoms with Crippen molar-refractivity contribution in [1.29, 1.82) is 0 Å². The van der Waals surface area contributed by atoms with Crippen LogP contribution in [0.15, 0.2) is 14.7 Å². The van der Waals surface area contributed by atoms with E-state index < -0.39 is 16.0 Å². The molecule has 0 atom stereocenters. The standard InChI is InChI=1S/C11H15BrN2O4S2/c1-3-14(7-5-13-6-7)20(16,17)9-4-8(11(15)18-2)19-10(9)12/h4,7,13H,3,5-6H2,1-2H3. The number of nitrogens with one attached hydrogen (secondary N) is 1. The molecule has 1 aromatic rings. The van der Waals surface area contributed by atoms with E-state index in [2.05, 4.69) is 26.0 Å². The Morgan fingerprint density at radius 2 is 2.25 bits per heavy atom. The van der Waals surface area contributed by atoms with E-state index in [4.69, 9.17) is 0 Å². The SMILES string of the molecule is CCN(C1CNC1)S(=O)(=O)c1cc(C(=O)OC)sc1Br. The molecule has 1 fully saturated rings. The van der Waals surface area contributed by atoms with Crippen LogP contribution in [0.25, 0.3) is 0 Å². The molecule has 9 heteroatoms. The van der Waals surface area contributed by atoms with E-state index in [9.17, 15) is 13.2 Å². The van der Waals surface area contributed by atoms with Crippen molar-refractivity contribution in [1.82, 2.24) is 9.62 Å². The van der Waals surface area contributed by atoms with Gasteiger partial charge in [0.05, 0.1) is 16.9 Å². The van der Waals surface area contributed by atoms with Crippen molar-refractivity contribution < 1.29 is 17.9 Å². The van der Waals surface area contributed by atoms with Crippen LogP contribution in [-0.2, 0) is 14.8 Å². The molecule has 0 amide bonds. The van der Waals surface area contributed by atoms with Gasteiger partial charge in [-0.15, -0.1) is 11.3 Å². The zero-order valence-electron chi connectivity index (χ0n) is 11.1. The predicted octanol–water partition coefficient (Wildman–Crippen LogP) is 1.28. The maximum Gasteiger partial charge on any atom is 0.348 e. The second-order valence-corrected chi connectivity index (χ2v) is 8.49. The third kappa shape index (κ3) is 2.77. The summed E-state index contributed by atoms with van der Waals surface area (Å²) in [7, 11) is -2.35. The Balaban J connectivity index is 2.38. The summed E-state index contributed by atoms with van der Waals surface area (Å²) in [6.45, 7) is 3.50. The van der Waals surface area contributed by atoms with Gasteiger partial charge in [0, 0.05) is 19.6 Å². The number of esters is 1. The van der Waals surface area contributed by atoms with Crippen LogP contribution in [0.4, 0.5) is 0 Å². The van der Waals surface area contributed by atoms with Gasteiger partial charge in [0.1, 0.15) is 9.77 Å². The van der Waals surface area contributed by atoms with E-state index in [0.29, 0.717) is 23.4 Å². The van der Waals surface area contributed by atoms with E-state index in [1.165, 1.54) is 17.5 Å². The first kappa shape index (κ1) is 15.9. The van der Waals surface area contributed by atoms with Gasteiger partial charge in [-0.1, -0.05) is 6.92 Å². The summed E-state index contributed by atoms with van der Waals surface area (Å²) in [5.74, 6) is -0.537. The Hall–Kier alpha value is -0.480. The molecule has 1 aliphatic rings. The Morgan fingerprint density at radius 1 is 1.60 bits per heavy atom. The predicted molar refractivity (Wildman–Crippen MR) is 79.6 cm³/mol. The number of nitrogens with zero attached hydrogens (tertiary/aromatic N) is 1. The molecule has 0 aromatic carbocycles. The average molecular weight is 383 g/mol. The summed E-state index contributed by atoms with van der Waals surface area (Å²) in [4.78, 5) is 11.9. The second kappa shape index (κ2) is 6.10. The van der Waals surface area contributed by atoms with E-state index in [1.807, 2.05) is 0 Å². The number of ether oxygens (including phenoxy) is 1. The van der Waals surface area contributed by atoms with Gasteiger partial charge < -0.3 is 10.1 Å². The smallest absolute Gasteiger partial charge is 0.348 e. The lowest BCUT2D eigenvalue weighted by molar-refractivity contribution is 0.0606. The van der Waals surface area contributed by atoms with Crippen molar-refractivity contribution in [3.8, 4) is 0 Å². The van der Waals surface area contributed by atoms with Crippen LogP contribution in [0.2, 0.25) is 0 Å².